The molecule has 0 atom stereocenters. The average molecular weight is 608 g/mol. The van der Waals surface area contributed by atoms with Crippen molar-refractivity contribution in [2.45, 2.75) is 0 Å². The van der Waals surface area contributed by atoms with Gasteiger partial charge in [-0.05, 0) is 39.7 Å². The fourth-order valence-corrected chi connectivity index (χ4v) is 6.45. The van der Waals surface area contributed by atoms with Crippen molar-refractivity contribution >= 4 is 55.2 Å². The summed E-state index contributed by atoms with van der Waals surface area (Å²) in [5.41, 5.74) is 10.8. The van der Waals surface area contributed by atoms with E-state index < -0.39 is 0 Å². The van der Waals surface area contributed by atoms with Crippen LogP contribution in [0.5, 0.6) is 0 Å². The molecule has 0 aliphatic carbocycles. The fraction of sp³-hybridized carbons (Fsp3) is 0. The summed E-state index contributed by atoms with van der Waals surface area (Å²) in [6, 6.07) is 39.3. The third-order valence-electron chi connectivity index (χ3n) is 8.06. The molecule has 0 spiro atoms. The third-order valence-corrected chi connectivity index (χ3v) is 8.41. The fourth-order valence-electron chi connectivity index (χ4n) is 6.16. The van der Waals surface area contributed by atoms with E-state index in [9.17, 15) is 0 Å². The number of aromatic nitrogens is 4. The van der Waals surface area contributed by atoms with Crippen molar-refractivity contribution < 1.29 is 19.5 Å². The van der Waals surface area contributed by atoms with Crippen LogP contribution in [-0.4, -0.2) is 9.97 Å². The Bertz CT molecular complexity index is 2400. The zero-order valence-corrected chi connectivity index (χ0v) is 26.1. The smallest absolute Gasteiger partial charge is 0.657 e. The maximum Gasteiger partial charge on any atom is 2.00 e. The van der Waals surface area contributed by atoms with Gasteiger partial charge in [0.05, 0.1) is 27.8 Å². The van der Waals surface area contributed by atoms with Crippen molar-refractivity contribution in [2.75, 3.05) is 0 Å². The summed E-state index contributed by atoms with van der Waals surface area (Å²) in [5, 5.41) is 4.69. The predicted molar refractivity (Wildman–Crippen MR) is 168 cm³/mol. The van der Waals surface area contributed by atoms with Crippen LogP contribution in [0.1, 0.15) is 0 Å². The van der Waals surface area contributed by atoms with Gasteiger partial charge in [-0.1, -0.05) is 109 Å². The first kappa shape index (κ1) is 25.2. The minimum atomic E-state index is 0. The van der Waals surface area contributed by atoms with Gasteiger partial charge in [0.1, 0.15) is 0 Å². The largest absolute Gasteiger partial charge is 2.00 e. The van der Waals surface area contributed by atoms with Gasteiger partial charge < -0.3 is 9.97 Å². The van der Waals surface area contributed by atoms with Crippen molar-refractivity contribution in [3.05, 3.63) is 120 Å². The first-order valence-electron chi connectivity index (χ1n) is 13.5. The van der Waals surface area contributed by atoms with Gasteiger partial charge in [-0.3, -0.25) is 0 Å². The van der Waals surface area contributed by atoms with E-state index >= 15 is 0 Å². The topological polar surface area (TPSA) is 54.0 Å². The number of rotatable bonds is 0. The van der Waals surface area contributed by atoms with Crippen molar-refractivity contribution in [2.24, 2.45) is 0 Å². The number of fused-ring (bicyclic) bond motifs is 20. The van der Waals surface area contributed by atoms with E-state index in [0.717, 1.165) is 88.6 Å². The van der Waals surface area contributed by atoms with E-state index in [4.69, 9.17) is 31.5 Å². The molecule has 4 nitrogen and oxygen atoms in total. The molecule has 0 unspecified atom stereocenters. The van der Waals surface area contributed by atoms with Crippen LogP contribution in [0.3, 0.4) is 0 Å². The van der Waals surface area contributed by atoms with E-state index in [1.807, 2.05) is 36.4 Å². The Kier molecular flexibility index (Phi) is 5.69. The van der Waals surface area contributed by atoms with Crippen LogP contribution in [0.25, 0.3) is 88.6 Å². The zero-order valence-electron chi connectivity index (χ0n) is 22.3. The Morgan fingerprint density at radius 3 is 1.43 bits per heavy atom. The first-order chi connectivity index (χ1) is 20.2. The molecule has 192 valence electrons. The van der Waals surface area contributed by atoms with Gasteiger partial charge in [-0.25, -0.2) is 9.97 Å². The maximum absolute atomic E-state index is 7.23. The van der Waals surface area contributed by atoms with E-state index in [1.54, 1.807) is 0 Å². The van der Waals surface area contributed by atoms with Gasteiger partial charge in [0, 0.05) is 22.3 Å². The Labute approximate surface area is 258 Å². The van der Waals surface area contributed by atoms with Crippen molar-refractivity contribution in [3.63, 3.8) is 0 Å². The quantitative estimate of drug-likeness (QED) is 0.161. The Balaban J connectivity index is 0.00000267. The number of benzene rings is 4. The molecule has 3 aromatic heterocycles. The maximum atomic E-state index is 7.23. The van der Waals surface area contributed by atoms with Crippen LogP contribution < -0.4 is 9.97 Å². The zero-order chi connectivity index (χ0) is 27.1. The van der Waals surface area contributed by atoms with Crippen molar-refractivity contribution in [1.29, 1.82) is 0 Å². The third kappa shape index (κ3) is 3.64. The van der Waals surface area contributed by atoms with E-state index in [0.29, 0.717) is 5.02 Å². The van der Waals surface area contributed by atoms with Gasteiger partial charge in [-0.2, -0.15) is 0 Å². The minimum Gasteiger partial charge on any atom is -0.657 e. The summed E-state index contributed by atoms with van der Waals surface area (Å²) in [4.78, 5) is 20.4. The Hall–Kier alpha value is -4.57. The van der Waals surface area contributed by atoms with Crippen LogP contribution in [0.2, 0.25) is 5.02 Å². The second-order valence-corrected chi connectivity index (χ2v) is 10.8. The first-order valence-corrected chi connectivity index (χ1v) is 13.9. The number of hydrogen-bond donors (Lipinski definition) is 0. The molecule has 0 fully saturated rings. The normalized spacial score (nSPS) is 11.7. The summed E-state index contributed by atoms with van der Waals surface area (Å²) in [6.45, 7) is 0. The molecule has 7 aromatic rings. The van der Waals surface area contributed by atoms with E-state index in [1.165, 1.54) is 0 Å². The molecule has 9 rings (SSSR count). The van der Waals surface area contributed by atoms with Gasteiger partial charge >= 0.3 is 19.5 Å². The SMILES string of the molecule is Clc1c2nc(cc3[n-]c(cc4nc(cc5[n-]c1c1ccccc51)-c1ccccc1-4)c1ccccc31)-c1ccccc1-2.[Zn+2]. The molecule has 2 aliphatic rings. The molecule has 5 heterocycles. The molecule has 0 saturated carbocycles. The molecular formula is C36H19ClN4Zn. The molecule has 0 amide bonds. The molecule has 0 saturated heterocycles. The number of nitrogens with zero attached hydrogens (tertiary/aromatic N) is 4. The van der Waals surface area contributed by atoms with Crippen LogP contribution in [0.4, 0.5) is 0 Å². The molecule has 0 radical (unpaired) electrons. The summed E-state index contributed by atoms with van der Waals surface area (Å²) in [5.74, 6) is 0. The summed E-state index contributed by atoms with van der Waals surface area (Å²) >= 11 is 7.23. The molecular weight excluding hydrogens is 589 g/mol. The Morgan fingerprint density at radius 1 is 0.452 bits per heavy atom. The summed E-state index contributed by atoms with van der Waals surface area (Å²) in [7, 11) is 0. The minimum absolute atomic E-state index is 0. The van der Waals surface area contributed by atoms with Crippen LogP contribution >= 0.6 is 11.6 Å². The van der Waals surface area contributed by atoms with E-state index in [2.05, 4.69) is 78.9 Å². The Morgan fingerprint density at radius 2 is 0.857 bits per heavy atom. The van der Waals surface area contributed by atoms with Crippen LogP contribution in [0, 0.1) is 0 Å². The monoisotopic (exact) mass is 606 g/mol. The standard InChI is InChI=1S/C36H19ClN4.Zn/c37-34-35-26-15-7-5-13-24(26)32(40-35)18-30-22-11-3-1-9-20(22)28(38-30)17-29-21-10-2-4-12-23(21)31(39-29)19-33-25-14-6-8-16-27(25)36(34)41-33;/h1-19H;/q-2;+2. The van der Waals surface area contributed by atoms with Gasteiger partial charge in [0.2, 0.25) is 0 Å². The summed E-state index contributed by atoms with van der Waals surface area (Å²) in [6.07, 6.45) is 0. The number of hydrogen-bond acceptors (Lipinski definition) is 2. The van der Waals surface area contributed by atoms with E-state index in [-0.39, 0.29) is 19.5 Å². The molecule has 42 heavy (non-hydrogen) atoms. The number of halogens is 1. The molecule has 4 aromatic carbocycles. The predicted octanol–water partition coefficient (Wildman–Crippen LogP) is 9.20. The van der Waals surface area contributed by atoms with Gasteiger partial charge in [-0.15, -0.1) is 22.1 Å². The average Bonchev–Trinajstić information content (AvgIpc) is 3.76. The van der Waals surface area contributed by atoms with Gasteiger partial charge in [0.25, 0.3) is 0 Å². The molecule has 2 aliphatic heterocycles. The van der Waals surface area contributed by atoms with Crippen LogP contribution in [0.15, 0.2) is 115 Å². The second-order valence-electron chi connectivity index (χ2n) is 10.4. The van der Waals surface area contributed by atoms with Crippen molar-refractivity contribution in [3.8, 4) is 45.0 Å². The van der Waals surface area contributed by atoms with Gasteiger partial charge in [0.15, 0.2) is 0 Å². The molecule has 8 bridgehead atoms. The second kappa shape index (κ2) is 9.49. The molecule has 6 heteroatoms. The molecule has 0 N–H and O–H groups in total. The van der Waals surface area contributed by atoms with Crippen molar-refractivity contribution in [1.82, 2.24) is 19.9 Å². The van der Waals surface area contributed by atoms with Crippen LogP contribution in [-0.2, 0) is 19.5 Å². The summed E-state index contributed by atoms with van der Waals surface area (Å²) < 4.78 is 0.